The maximum atomic E-state index is 5.92. The third kappa shape index (κ3) is 4.75. The van der Waals surface area contributed by atoms with Crippen molar-refractivity contribution in [3.63, 3.8) is 0 Å². The second-order valence-corrected chi connectivity index (χ2v) is 5.23. The smallest absolute Gasteiger partial charge is 0.123 e. The Morgan fingerprint density at radius 2 is 2.00 bits per heavy atom. The number of benzene rings is 1. The highest BCUT2D eigenvalue weighted by molar-refractivity contribution is 5.33. The molecule has 1 aliphatic carbocycles. The Balaban J connectivity index is 1.77. The van der Waals surface area contributed by atoms with E-state index >= 15 is 0 Å². The van der Waals surface area contributed by atoms with Crippen LogP contribution in [-0.4, -0.2) is 25.3 Å². The Kier molecular flexibility index (Phi) is 5.52. The summed E-state index contributed by atoms with van der Waals surface area (Å²) in [5.41, 5.74) is 0. The van der Waals surface area contributed by atoms with Gasteiger partial charge in [-0.2, -0.15) is 0 Å². The molecule has 0 aliphatic heterocycles. The highest BCUT2D eigenvalue weighted by atomic mass is 16.5. The number of ether oxygens (including phenoxy) is 2. The van der Waals surface area contributed by atoms with Crippen LogP contribution in [0.5, 0.6) is 11.5 Å². The van der Waals surface area contributed by atoms with Gasteiger partial charge in [0.25, 0.3) is 0 Å². The van der Waals surface area contributed by atoms with Gasteiger partial charge in [-0.1, -0.05) is 18.9 Å². The molecule has 19 heavy (non-hydrogen) atoms. The lowest BCUT2D eigenvalue weighted by Crippen LogP contribution is -2.35. The zero-order chi connectivity index (χ0) is 13.5. The van der Waals surface area contributed by atoms with Gasteiger partial charge in [0.15, 0.2) is 0 Å². The fourth-order valence-electron chi connectivity index (χ4n) is 2.54. The lowest BCUT2D eigenvalue weighted by atomic mass is 10.2. The van der Waals surface area contributed by atoms with E-state index in [1.165, 1.54) is 25.7 Å². The van der Waals surface area contributed by atoms with Crippen molar-refractivity contribution in [1.29, 1.82) is 0 Å². The Hall–Kier alpha value is -1.22. The Labute approximate surface area is 116 Å². The highest BCUT2D eigenvalue weighted by Gasteiger charge is 2.15. The molecule has 1 unspecified atom stereocenters. The van der Waals surface area contributed by atoms with E-state index in [1.807, 2.05) is 31.2 Å². The summed E-state index contributed by atoms with van der Waals surface area (Å²) in [4.78, 5) is 0. The van der Waals surface area contributed by atoms with E-state index in [2.05, 4.69) is 12.2 Å². The predicted octanol–water partition coefficient (Wildman–Crippen LogP) is 3.38. The fraction of sp³-hybridized carbons (Fsp3) is 0.625. The molecule has 0 amide bonds. The van der Waals surface area contributed by atoms with Gasteiger partial charge >= 0.3 is 0 Å². The summed E-state index contributed by atoms with van der Waals surface area (Å²) in [6.45, 7) is 5.68. The topological polar surface area (TPSA) is 30.5 Å². The minimum atomic E-state index is 0.178. The Morgan fingerprint density at radius 3 is 2.74 bits per heavy atom. The lowest BCUT2D eigenvalue weighted by molar-refractivity contribution is 0.210. The molecule has 1 fully saturated rings. The zero-order valence-electron chi connectivity index (χ0n) is 12.0. The summed E-state index contributed by atoms with van der Waals surface area (Å²) >= 11 is 0. The minimum absolute atomic E-state index is 0.178. The van der Waals surface area contributed by atoms with Gasteiger partial charge in [0.05, 0.1) is 6.61 Å². The van der Waals surface area contributed by atoms with Gasteiger partial charge < -0.3 is 14.8 Å². The molecule has 0 aromatic heterocycles. The molecular weight excluding hydrogens is 238 g/mol. The van der Waals surface area contributed by atoms with Crippen molar-refractivity contribution in [2.45, 2.75) is 51.7 Å². The number of hydrogen-bond donors (Lipinski definition) is 1. The third-order valence-corrected chi connectivity index (χ3v) is 3.50. The minimum Gasteiger partial charge on any atom is -0.494 e. The van der Waals surface area contributed by atoms with Crippen molar-refractivity contribution in [2.24, 2.45) is 0 Å². The molecule has 1 atom stereocenters. The molecule has 106 valence electrons. The van der Waals surface area contributed by atoms with Crippen molar-refractivity contribution in [3.8, 4) is 11.5 Å². The standard InChI is InChI=1S/C16H25NO2/c1-3-18-15-9-6-10-16(11-15)19-13(2)12-17-14-7-4-5-8-14/h6,9-11,13-14,17H,3-5,7-8,12H2,1-2H3. The predicted molar refractivity (Wildman–Crippen MR) is 78.0 cm³/mol. The molecule has 0 saturated heterocycles. The van der Waals surface area contributed by atoms with Crippen LogP contribution < -0.4 is 14.8 Å². The van der Waals surface area contributed by atoms with E-state index in [0.717, 1.165) is 18.0 Å². The first-order valence-electron chi connectivity index (χ1n) is 7.41. The second kappa shape index (κ2) is 7.39. The molecule has 1 aliphatic rings. The zero-order valence-corrected chi connectivity index (χ0v) is 12.0. The van der Waals surface area contributed by atoms with Gasteiger partial charge in [-0.25, -0.2) is 0 Å². The summed E-state index contributed by atoms with van der Waals surface area (Å²) in [7, 11) is 0. The summed E-state index contributed by atoms with van der Waals surface area (Å²) in [5.74, 6) is 1.75. The second-order valence-electron chi connectivity index (χ2n) is 5.23. The maximum absolute atomic E-state index is 5.92. The normalized spacial score (nSPS) is 17.4. The molecule has 0 heterocycles. The molecule has 3 heteroatoms. The molecule has 0 spiro atoms. The molecule has 0 radical (unpaired) electrons. The van der Waals surface area contributed by atoms with E-state index < -0.39 is 0 Å². The van der Waals surface area contributed by atoms with Crippen molar-refractivity contribution in [1.82, 2.24) is 5.32 Å². The maximum Gasteiger partial charge on any atom is 0.123 e. The van der Waals surface area contributed by atoms with E-state index in [-0.39, 0.29) is 6.10 Å². The van der Waals surface area contributed by atoms with E-state index in [9.17, 15) is 0 Å². The van der Waals surface area contributed by atoms with Crippen LogP contribution in [0.4, 0.5) is 0 Å². The van der Waals surface area contributed by atoms with Crippen LogP contribution in [0, 0.1) is 0 Å². The van der Waals surface area contributed by atoms with Gasteiger partial charge in [0, 0.05) is 18.7 Å². The summed E-state index contributed by atoms with van der Waals surface area (Å²) in [6.07, 6.45) is 5.53. The molecule has 1 aromatic rings. The SMILES string of the molecule is CCOc1cccc(OC(C)CNC2CCCC2)c1. The van der Waals surface area contributed by atoms with Gasteiger partial charge in [0.1, 0.15) is 17.6 Å². The number of rotatable bonds is 7. The first kappa shape index (κ1) is 14.2. The molecule has 3 nitrogen and oxygen atoms in total. The van der Waals surface area contributed by atoms with Gasteiger partial charge in [-0.05, 0) is 38.8 Å². The number of hydrogen-bond acceptors (Lipinski definition) is 3. The van der Waals surface area contributed by atoms with Crippen LogP contribution in [0.2, 0.25) is 0 Å². The molecule has 1 aromatic carbocycles. The van der Waals surface area contributed by atoms with Crippen molar-refractivity contribution < 1.29 is 9.47 Å². The van der Waals surface area contributed by atoms with Crippen LogP contribution in [-0.2, 0) is 0 Å². The summed E-state index contributed by atoms with van der Waals surface area (Å²) in [5, 5.41) is 3.59. The molecule has 2 rings (SSSR count). The Bertz CT molecular complexity index is 375. The van der Waals surface area contributed by atoms with Crippen molar-refractivity contribution in [2.75, 3.05) is 13.2 Å². The van der Waals surface area contributed by atoms with Crippen LogP contribution >= 0.6 is 0 Å². The van der Waals surface area contributed by atoms with E-state index in [1.54, 1.807) is 0 Å². The van der Waals surface area contributed by atoms with Gasteiger partial charge in [0.2, 0.25) is 0 Å². The largest absolute Gasteiger partial charge is 0.494 e. The molecule has 1 saturated carbocycles. The average Bonchev–Trinajstić information content (AvgIpc) is 2.90. The fourth-order valence-corrected chi connectivity index (χ4v) is 2.54. The molecule has 1 N–H and O–H groups in total. The monoisotopic (exact) mass is 263 g/mol. The molecule has 0 bridgehead atoms. The summed E-state index contributed by atoms with van der Waals surface area (Å²) < 4.78 is 11.4. The first-order chi connectivity index (χ1) is 9.28. The summed E-state index contributed by atoms with van der Waals surface area (Å²) in [6, 6.07) is 8.56. The van der Waals surface area contributed by atoms with Crippen LogP contribution in [0.3, 0.4) is 0 Å². The van der Waals surface area contributed by atoms with Crippen molar-refractivity contribution in [3.05, 3.63) is 24.3 Å². The lowest BCUT2D eigenvalue weighted by Gasteiger charge is -2.19. The van der Waals surface area contributed by atoms with E-state index in [0.29, 0.717) is 12.6 Å². The third-order valence-electron chi connectivity index (χ3n) is 3.50. The number of nitrogens with one attached hydrogen (secondary N) is 1. The average molecular weight is 263 g/mol. The van der Waals surface area contributed by atoms with Crippen LogP contribution in [0.25, 0.3) is 0 Å². The highest BCUT2D eigenvalue weighted by Crippen LogP contribution is 2.21. The van der Waals surface area contributed by atoms with Crippen LogP contribution in [0.15, 0.2) is 24.3 Å². The van der Waals surface area contributed by atoms with E-state index in [4.69, 9.17) is 9.47 Å². The Morgan fingerprint density at radius 1 is 1.26 bits per heavy atom. The van der Waals surface area contributed by atoms with Gasteiger partial charge in [-0.15, -0.1) is 0 Å². The first-order valence-corrected chi connectivity index (χ1v) is 7.41. The molecular formula is C16H25NO2. The van der Waals surface area contributed by atoms with Crippen LogP contribution in [0.1, 0.15) is 39.5 Å². The quantitative estimate of drug-likeness (QED) is 0.818. The van der Waals surface area contributed by atoms with Gasteiger partial charge in [-0.3, -0.25) is 0 Å². The van der Waals surface area contributed by atoms with Crippen molar-refractivity contribution >= 4 is 0 Å².